The molecule has 1 aliphatic rings. The van der Waals surface area contributed by atoms with E-state index in [1.54, 1.807) is 6.07 Å². The standard InChI is InChI=1S/C21H26N4O.HI/c1-15-6-4-9-17(14-15)20(26)23-12-13-24-21(22)25-19-11-5-8-16-7-2-3-10-18(16)19;/h4-6,8-9,11,14H,2-3,7,10,12-13H2,1H3,(H,23,26)(H3,22,24,25);1H. The van der Waals surface area contributed by atoms with Crippen LogP contribution in [0, 0.1) is 6.92 Å². The molecular formula is C21H27IN4O. The van der Waals surface area contributed by atoms with E-state index >= 15 is 0 Å². The van der Waals surface area contributed by atoms with Crippen molar-refractivity contribution in [1.29, 1.82) is 0 Å². The number of hydrogen-bond acceptors (Lipinski definition) is 2. The summed E-state index contributed by atoms with van der Waals surface area (Å²) in [5.74, 6) is 0.293. The van der Waals surface area contributed by atoms with E-state index < -0.39 is 0 Å². The van der Waals surface area contributed by atoms with E-state index in [1.807, 2.05) is 31.2 Å². The number of fused-ring (bicyclic) bond motifs is 1. The number of carbonyl (C=O) groups is 1. The van der Waals surface area contributed by atoms with Gasteiger partial charge in [-0.1, -0.05) is 29.8 Å². The highest BCUT2D eigenvalue weighted by atomic mass is 127. The maximum Gasteiger partial charge on any atom is 0.251 e. The van der Waals surface area contributed by atoms with Gasteiger partial charge in [-0.3, -0.25) is 9.79 Å². The molecule has 4 N–H and O–H groups in total. The lowest BCUT2D eigenvalue weighted by Gasteiger charge is -2.19. The molecule has 0 saturated heterocycles. The monoisotopic (exact) mass is 478 g/mol. The molecule has 0 bridgehead atoms. The highest BCUT2D eigenvalue weighted by molar-refractivity contribution is 14.0. The van der Waals surface area contributed by atoms with Gasteiger partial charge in [0, 0.05) is 17.8 Å². The molecular weight excluding hydrogens is 451 g/mol. The van der Waals surface area contributed by atoms with Gasteiger partial charge in [0.15, 0.2) is 5.96 Å². The molecule has 1 amide bonds. The van der Waals surface area contributed by atoms with E-state index in [-0.39, 0.29) is 29.9 Å². The van der Waals surface area contributed by atoms with Crippen molar-refractivity contribution < 1.29 is 4.79 Å². The number of carbonyl (C=O) groups excluding carboxylic acids is 1. The fourth-order valence-corrected chi connectivity index (χ4v) is 3.31. The van der Waals surface area contributed by atoms with Crippen LogP contribution in [0.15, 0.2) is 47.5 Å². The topological polar surface area (TPSA) is 79.5 Å². The van der Waals surface area contributed by atoms with Crippen molar-refractivity contribution in [3.05, 3.63) is 64.7 Å². The number of hydrogen-bond donors (Lipinski definition) is 3. The minimum Gasteiger partial charge on any atom is -0.370 e. The van der Waals surface area contributed by atoms with Crippen molar-refractivity contribution in [3.8, 4) is 0 Å². The zero-order valence-corrected chi connectivity index (χ0v) is 18.0. The van der Waals surface area contributed by atoms with Gasteiger partial charge in [0.2, 0.25) is 0 Å². The van der Waals surface area contributed by atoms with Crippen LogP contribution in [-0.4, -0.2) is 25.0 Å². The van der Waals surface area contributed by atoms with Crippen LogP contribution in [0.2, 0.25) is 0 Å². The van der Waals surface area contributed by atoms with Crippen LogP contribution in [0.4, 0.5) is 5.69 Å². The lowest BCUT2D eigenvalue weighted by molar-refractivity contribution is 0.0954. The van der Waals surface area contributed by atoms with Gasteiger partial charge in [0.1, 0.15) is 0 Å². The number of guanidine groups is 1. The lowest BCUT2D eigenvalue weighted by atomic mass is 9.90. The molecule has 144 valence electrons. The van der Waals surface area contributed by atoms with Gasteiger partial charge in [-0.2, -0.15) is 0 Å². The second kappa shape index (κ2) is 10.3. The molecule has 5 nitrogen and oxygen atoms in total. The Labute approximate surface area is 177 Å². The average Bonchev–Trinajstić information content (AvgIpc) is 2.65. The number of rotatable bonds is 5. The van der Waals surface area contributed by atoms with Gasteiger partial charge >= 0.3 is 0 Å². The average molecular weight is 478 g/mol. The molecule has 6 heteroatoms. The molecule has 0 unspecified atom stereocenters. The molecule has 0 heterocycles. The van der Waals surface area contributed by atoms with E-state index in [4.69, 9.17) is 5.73 Å². The largest absolute Gasteiger partial charge is 0.370 e. The Morgan fingerprint density at radius 1 is 1.15 bits per heavy atom. The Hall–Kier alpha value is -2.09. The van der Waals surface area contributed by atoms with Crippen molar-refractivity contribution in [2.45, 2.75) is 32.6 Å². The van der Waals surface area contributed by atoms with Crippen LogP contribution < -0.4 is 16.4 Å². The minimum atomic E-state index is -0.0902. The summed E-state index contributed by atoms with van der Waals surface area (Å²) in [6.45, 7) is 2.85. The molecule has 2 aromatic carbocycles. The fraction of sp³-hybridized carbons (Fsp3) is 0.333. The molecule has 0 aromatic heterocycles. The summed E-state index contributed by atoms with van der Waals surface area (Å²) in [4.78, 5) is 16.4. The Bertz CT molecular complexity index is 820. The molecule has 0 saturated carbocycles. The first-order valence-corrected chi connectivity index (χ1v) is 9.16. The van der Waals surface area contributed by atoms with E-state index in [1.165, 1.54) is 24.0 Å². The highest BCUT2D eigenvalue weighted by Gasteiger charge is 2.13. The molecule has 0 radical (unpaired) electrons. The first-order valence-electron chi connectivity index (χ1n) is 9.16. The smallest absolute Gasteiger partial charge is 0.251 e. The number of benzene rings is 2. The maximum absolute atomic E-state index is 12.1. The zero-order valence-electron chi connectivity index (χ0n) is 15.6. The molecule has 3 rings (SSSR count). The molecule has 27 heavy (non-hydrogen) atoms. The lowest BCUT2D eigenvalue weighted by Crippen LogP contribution is -2.28. The van der Waals surface area contributed by atoms with Crippen molar-refractivity contribution in [2.75, 3.05) is 18.4 Å². The van der Waals surface area contributed by atoms with Gasteiger partial charge in [-0.05, 0) is 61.9 Å². The van der Waals surface area contributed by atoms with Crippen molar-refractivity contribution in [3.63, 3.8) is 0 Å². The molecule has 2 aromatic rings. The zero-order chi connectivity index (χ0) is 18.4. The number of nitrogens with two attached hydrogens (primary N) is 1. The summed E-state index contributed by atoms with van der Waals surface area (Å²) in [6, 6.07) is 13.8. The van der Waals surface area contributed by atoms with E-state index in [9.17, 15) is 4.79 Å². The second-order valence-electron chi connectivity index (χ2n) is 6.67. The number of nitrogens with one attached hydrogen (secondary N) is 2. The van der Waals surface area contributed by atoms with E-state index in [0.29, 0.717) is 24.6 Å². The van der Waals surface area contributed by atoms with Gasteiger partial charge in [-0.15, -0.1) is 24.0 Å². The Morgan fingerprint density at radius 3 is 2.74 bits per heavy atom. The van der Waals surface area contributed by atoms with E-state index in [2.05, 4.69) is 27.8 Å². The summed E-state index contributed by atoms with van der Waals surface area (Å²) in [5, 5.41) is 6.08. The molecule has 0 atom stereocenters. The predicted molar refractivity (Wildman–Crippen MR) is 122 cm³/mol. The van der Waals surface area contributed by atoms with Crippen LogP contribution in [0.1, 0.15) is 39.9 Å². The maximum atomic E-state index is 12.1. The number of aliphatic imine (C=N–C) groups is 1. The SMILES string of the molecule is Cc1cccc(C(=O)NCCN=C(N)Nc2cccc3c2CCCC3)c1.I. The Morgan fingerprint density at radius 2 is 1.93 bits per heavy atom. The number of aryl methyl sites for hydroxylation is 2. The van der Waals surface area contributed by atoms with E-state index in [0.717, 1.165) is 24.1 Å². The summed E-state index contributed by atoms with van der Waals surface area (Å²) in [7, 11) is 0. The van der Waals surface area contributed by atoms with Gasteiger partial charge in [-0.25, -0.2) is 0 Å². The van der Waals surface area contributed by atoms with Crippen molar-refractivity contribution >= 4 is 41.5 Å². The number of amides is 1. The quantitative estimate of drug-likeness (QED) is 0.266. The summed E-state index contributed by atoms with van der Waals surface area (Å²) < 4.78 is 0. The Balaban J connectivity index is 0.00000261. The van der Waals surface area contributed by atoms with Crippen LogP contribution >= 0.6 is 24.0 Å². The van der Waals surface area contributed by atoms with Gasteiger partial charge in [0.05, 0.1) is 6.54 Å². The fourth-order valence-electron chi connectivity index (χ4n) is 3.31. The number of nitrogens with zero attached hydrogens (tertiary/aromatic N) is 1. The van der Waals surface area contributed by atoms with Crippen LogP contribution in [0.3, 0.4) is 0 Å². The van der Waals surface area contributed by atoms with Crippen molar-refractivity contribution in [2.24, 2.45) is 10.7 Å². The summed E-state index contributed by atoms with van der Waals surface area (Å²) >= 11 is 0. The normalized spacial score (nSPS) is 13.3. The number of halogens is 1. The second-order valence-corrected chi connectivity index (χ2v) is 6.67. The third-order valence-electron chi connectivity index (χ3n) is 4.62. The molecule has 1 aliphatic carbocycles. The Kier molecular flexibility index (Phi) is 8.09. The van der Waals surface area contributed by atoms with Crippen LogP contribution in [0.5, 0.6) is 0 Å². The van der Waals surface area contributed by atoms with Crippen LogP contribution in [0.25, 0.3) is 0 Å². The highest BCUT2D eigenvalue weighted by Crippen LogP contribution is 2.27. The first kappa shape index (κ1) is 21.2. The minimum absolute atomic E-state index is 0. The van der Waals surface area contributed by atoms with Crippen molar-refractivity contribution in [1.82, 2.24) is 5.32 Å². The van der Waals surface area contributed by atoms with Crippen LogP contribution in [-0.2, 0) is 12.8 Å². The predicted octanol–water partition coefficient (Wildman–Crippen LogP) is 3.65. The molecule has 0 spiro atoms. The summed E-state index contributed by atoms with van der Waals surface area (Å²) in [6.07, 6.45) is 4.68. The first-order chi connectivity index (χ1) is 12.6. The molecule has 0 aliphatic heterocycles. The third-order valence-corrected chi connectivity index (χ3v) is 4.62. The number of anilines is 1. The van der Waals surface area contributed by atoms with Gasteiger partial charge < -0.3 is 16.4 Å². The third kappa shape index (κ3) is 5.95. The summed E-state index contributed by atoms with van der Waals surface area (Å²) in [5.41, 5.74) is 11.5. The molecule has 0 fully saturated rings. The van der Waals surface area contributed by atoms with Gasteiger partial charge in [0.25, 0.3) is 5.91 Å².